The van der Waals surface area contributed by atoms with Gasteiger partial charge in [0.15, 0.2) is 0 Å². The molecule has 0 bridgehead atoms. The molecule has 0 amide bonds. The molecule has 0 saturated carbocycles. The minimum atomic E-state index is 0.855. The first-order valence-corrected chi connectivity index (χ1v) is 6.29. The summed E-state index contributed by atoms with van der Waals surface area (Å²) in [5.74, 6) is 0. The molecule has 17 heavy (non-hydrogen) atoms. The molecule has 0 fully saturated rings. The maximum Gasteiger partial charge on any atom is 0.104 e. The number of rotatable bonds is 4. The molecule has 2 rings (SSSR count). The standard InChI is InChI=1S/C13H15N3S/c1-10-7-11(8-14-2)9-16-13(10)17-12-3-5-15-6-4-12/h3-7,9,14H,8H2,1-2H3. The van der Waals surface area contributed by atoms with Gasteiger partial charge >= 0.3 is 0 Å². The van der Waals surface area contributed by atoms with Crippen molar-refractivity contribution in [3.8, 4) is 0 Å². The summed E-state index contributed by atoms with van der Waals surface area (Å²) in [4.78, 5) is 9.66. The van der Waals surface area contributed by atoms with E-state index < -0.39 is 0 Å². The Bertz CT molecular complexity index is 485. The number of aromatic nitrogens is 2. The number of aryl methyl sites for hydroxylation is 1. The minimum absolute atomic E-state index is 0.855. The van der Waals surface area contributed by atoms with E-state index in [1.54, 1.807) is 24.2 Å². The van der Waals surface area contributed by atoms with E-state index in [0.717, 1.165) is 16.5 Å². The van der Waals surface area contributed by atoms with Gasteiger partial charge in [-0.25, -0.2) is 4.98 Å². The third-order valence-corrected chi connectivity index (χ3v) is 3.46. The molecular weight excluding hydrogens is 230 g/mol. The Morgan fingerprint density at radius 3 is 2.71 bits per heavy atom. The average Bonchev–Trinajstić information content (AvgIpc) is 2.34. The first-order valence-electron chi connectivity index (χ1n) is 5.47. The second kappa shape index (κ2) is 5.80. The van der Waals surface area contributed by atoms with Crippen LogP contribution in [0.2, 0.25) is 0 Å². The zero-order chi connectivity index (χ0) is 12.1. The molecule has 0 saturated heterocycles. The van der Waals surface area contributed by atoms with Crippen LogP contribution in [0, 0.1) is 6.92 Å². The van der Waals surface area contributed by atoms with Gasteiger partial charge in [-0.3, -0.25) is 4.98 Å². The fraction of sp³-hybridized carbons (Fsp3) is 0.231. The summed E-state index contributed by atoms with van der Waals surface area (Å²) in [7, 11) is 1.94. The summed E-state index contributed by atoms with van der Waals surface area (Å²) in [6.45, 7) is 2.95. The van der Waals surface area contributed by atoms with Gasteiger partial charge in [0, 0.05) is 30.0 Å². The molecule has 1 N–H and O–H groups in total. The Morgan fingerprint density at radius 2 is 2.06 bits per heavy atom. The molecule has 4 heteroatoms. The van der Waals surface area contributed by atoms with Crippen LogP contribution in [0.25, 0.3) is 0 Å². The molecular formula is C13H15N3S. The van der Waals surface area contributed by atoms with Crippen LogP contribution in [0.1, 0.15) is 11.1 Å². The Morgan fingerprint density at radius 1 is 1.29 bits per heavy atom. The summed E-state index contributed by atoms with van der Waals surface area (Å²) in [5.41, 5.74) is 2.42. The highest BCUT2D eigenvalue weighted by Crippen LogP contribution is 2.27. The van der Waals surface area contributed by atoms with Crippen molar-refractivity contribution in [1.29, 1.82) is 0 Å². The Labute approximate surface area is 106 Å². The van der Waals surface area contributed by atoms with E-state index in [9.17, 15) is 0 Å². The summed E-state index contributed by atoms with van der Waals surface area (Å²) >= 11 is 1.67. The van der Waals surface area contributed by atoms with Crippen molar-refractivity contribution >= 4 is 11.8 Å². The predicted octanol–water partition coefficient (Wildman–Crippen LogP) is 2.66. The van der Waals surface area contributed by atoms with Crippen molar-refractivity contribution < 1.29 is 0 Å². The Kier molecular flexibility index (Phi) is 4.12. The van der Waals surface area contributed by atoms with Crippen LogP contribution in [0.3, 0.4) is 0 Å². The van der Waals surface area contributed by atoms with E-state index in [-0.39, 0.29) is 0 Å². The fourth-order valence-corrected chi connectivity index (χ4v) is 2.35. The molecule has 0 aliphatic rings. The van der Waals surface area contributed by atoms with Crippen molar-refractivity contribution in [2.24, 2.45) is 0 Å². The van der Waals surface area contributed by atoms with Gasteiger partial charge in [-0.05, 0) is 37.2 Å². The lowest BCUT2D eigenvalue weighted by atomic mass is 10.2. The zero-order valence-corrected chi connectivity index (χ0v) is 10.8. The second-order valence-electron chi connectivity index (χ2n) is 3.78. The van der Waals surface area contributed by atoms with Crippen LogP contribution in [-0.2, 0) is 6.54 Å². The number of hydrogen-bond donors (Lipinski definition) is 1. The normalized spacial score (nSPS) is 10.5. The number of pyridine rings is 2. The maximum absolute atomic E-state index is 4.49. The number of nitrogens with one attached hydrogen (secondary N) is 1. The van der Waals surface area contributed by atoms with Crippen molar-refractivity contribution in [1.82, 2.24) is 15.3 Å². The summed E-state index contributed by atoms with van der Waals surface area (Å²) in [6, 6.07) is 6.16. The molecule has 0 aliphatic heterocycles. The van der Waals surface area contributed by atoms with Gasteiger partial charge in [0.25, 0.3) is 0 Å². The van der Waals surface area contributed by atoms with E-state index in [1.807, 2.05) is 25.4 Å². The summed E-state index contributed by atoms with van der Waals surface area (Å²) < 4.78 is 0. The molecule has 0 atom stereocenters. The minimum Gasteiger partial charge on any atom is -0.316 e. The molecule has 2 aromatic rings. The van der Waals surface area contributed by atoms with Crippen LogP contribution in [0.15, 0.2) is 46.7 Å². The molecule has 88 valence electrons. The lowest BCUT2D eigenvalue weighted by Crippen LogP contribution is -2.05. The van der Waals surface area contributed by atoms with E-state index in [0.29, 0.717) is 0 Å². The number of hydrogen-bond acceptors (Lipinski definition) is 4. The largest absolute Gasteiger partial charge is 0.316 e. The Balaban J connectivity index is 2.17. The molecule has 2 aromatic heterocycles. The monoisotopic (exact) mass is 245 g/mol. The average molecular weight is 245 g/mol. The van der Waals surface area contributed by atoms with E-state index in [1.165, 1.54) is 11.1 Å². The second-order valence-corrected chi connectivity index (χ2v) is 4.84. The lowest BCUT2D eigenvalue weighted by Gasteiger charge is -2.06. The van der Waals surface area contributed by atoms with Gasteiger partial charge in [0.1, 0.15) is 5.03 Å². The highest BCUT2D eigenvalue weighted by molar-refractivity contribution is 7.99. The highest BCUT2D eigenvalue weighted by atomic mass is 32.2. The molecule has 0 unspecified atom stereocenters. The van der Waals surface area contributed by atoms with Gasteiger partial charge < -0.3 is 5.32 Å². The van der Waals surface area contributed by atoms with Crippen molar-refractivity contribution in [2.45, 2.75) is 23.4 Å². The van der Waals surface area contributed by atoms with E-state index in [2.05, 4.69) is 28.3 Å². The highest BCUT2D eigenvalue weighted by Gasteiger charge is 2.03. The number of nitrogens with zero attached hydrogens (tertiary/aromatic N) is 2. The van der Waals surface area contributed by atoms with Crippen LogP contribution in [-0.4, -0.2) is 17.0 Å². The van der Waals surface area contributed by atoms with E-state index in [4.69, 9.17) is 0 Å². The first-order chi connectivity index (χ1) is 8.29. The van der Waals surface area contributed by atoms with Crippen molar-refractivity contribution in [3.05, 3.63) is 47.9 Å². The predicted molar refractivity (Wildman–Crippen MR) is 70.1 cm³/mol. The SMILES string of the molecule is CNCc1cnc(Sc2ccncc2)c(C)c1. The maximum atomic E-state index is 4.49. The van der Waals surface area contributed by atoms with Gasteiger partial charge in [0.05, 0.1) is 0 Å². The van der Waals surface area contributed by atoms with Crippen LogP contribution in [0.4, 0.5) is 0 Å². The van der Waals surface area contributed by atoms with Crippen LogP contribution >= 0.6 is 11.8 Å². The van der Waals surface area contributed by atoms with Gasteiger partial charge in [0.2, 0.25) is 0 Å². The molecule has 0 aliphatic carbocycles. The molecule has 0 spiro atoms. The first kappa shape index (κ1) is 12.1. The summed E-state index contributed by atoms with van der Waals surface area (Å²) in [6.07, 6.45) is 5.52. The van der Waals surface area contributed by atoms with Crippen molar-refractivity contribution in [3.63, 3.8) is 0 Å². The van der Waals surface area contributed by atoms with Gasteiger partial charge in [-0.1, -0.05) is 17.8 Å². The summed E-state index contributed by atoms with van der Waals surface area (Å²) in [5, 5.41) is 4.18. The third kappa shape index (κ3) is 3.28. The molecule has 0 radical (unpaired) electrons. The van der Waals surface area contributed by atoms with Crippen molar-refractivity contribution in [2.75, 3.05) is 7.05 Å². The van der Waals surface area contributed by atoms with Gasteiger partial charge in [-0.15, -0.1) is 0 Å². The zero-order valence-electron chi connectivity index (χ0n) is 9.97. The fourth-order valence-electron chi connectivity index (χ4n) is 1.55. The van der Waals surface area contributed by atoms with E-state index >= 15 is 0 Å². The topological polar surface area (TPSA) is 37.8 Å². The van der Waals surface area contributed by atoms with Crippen LogP contribution < -0.4 is 5.32 Å². The molecule has 2 heterocycles. The van der Waals surface area contributed by atoms with Crippen LogP contribution in [0.5, 0.6) is 0 Å². The third-order valence-electron chi connectivity index (χ3n) is 2.33. The molecule has 0 aromatic carbocycles. The lowest BCUT2D eigenvalue weighted by molar-refractivity contribution is 0.806. The van der Waals surface area contributed by atoms with Gasteiger partial charge in [-0.2, -0.15) is 0 Å². The Hall–Kier alpha value is -1.39. The smallest absolute Gasteiger partial charge is 0.104 e. The molecule has 3 nitrogen and oxygen atoms in total. The quantitative estimate of drug-likeness (QED) is 0.898.